The molecule has 28 heavy (non-hydrogen) atoms. The van der Waals surface area contributed by atoms with E-state index in [2.05, 4.69) is 23.4 Å². The van der Waals surface area contributed by atoms with Gasteiger partial charge < -0.3 is 10.6 Å². The van der Waals surface area contributed by atoms with E-state index in [4.69, 9.17) is 5.73 Å². The summed E-state index contributed by atoms with van der Waals surface area (Å²) in [5, 5.41) is 0. The zero-order valence-electron chi connectivity index (χ0n) is 17.0. The van der Waals surface area contributed by atoms with E-state index in [0.717, 1.165) is 62.2 Å². The minimum Gasteiger partial charge on any atom is -0.356 e. The van der Waals surface area contributed by atoms with Crippen LogP contribution in [0.2, 0.25) is 0 Å². The minimum absolute atomic E-state index is 0.255. The zero-order chi connectivity index (χ0) is 20.8. The van der Waals surface area contributed by atoms with Gasteiger partial charge in [-0.25, -0.2) is 4.99 Å². The molecule has 0 atom stereocenters. The topological polar surface area (TPSA) is 41.6 Å². The number of alkyl halides is 3. The smallest absolute Gasteiger partial charge is 0.356 e. The molecule has 1 fully saturated rings. The Hall–Kier alpha value is -1.82. The summed E-state index contributed by atoms with van der Waals surface area (Å²) in [4.78, 5) is 6.64. The molecular formula is C22H32F3N3. The zero-order valence-corrected chi connectivity index (χ0v) is 17.0. The van der Waals surface area contributed by atoms with Crippen molar-refractivity contribution in [3.63, 3.8) is 0 Å². The molecule has 0 unspecified atom stereocenters. The first kappa shape index (κ1) is 22.5. The van der Waals surface area contributed by atoms with Crippen LogP contribution in [0.15, 0.2) is 36.0 Å². The lowest BCUT2D eigenvalue weighted by Gasteiger charge is -2.43. The summed E-state index contributed by atoms with van der Waals surface area (Å²) >= 11 is 0. The van der Waals surface area contributed by atoms with Crippen LogP contribution in [0, 0.1) is 12.3 Å². The SMILES string of the molecule is C=CN=C(c1cc(CC(F)(F)F)ccc1C)N1CCC(CCC)(CCN)CC1. The molecule has 0 radical (unpaired) electrons. The first-order valence-electron chi connectivity index (χ1n) is 10.0. The van der Waals surface area contributed by atoms with Gasteiger partial charge in [-0.3, -0.25) is 0 Å². The average Bonchev–Trinajstić information content (AvgIpc) is 2.62. The molecular weight excluding hydrogens is 363 g/mol. The van der Waals surface area contributed by atoms with E-state index in [1.54, 1.807) is 18.2 Å². The number of piperidine rings is 1. The lowest BCUT2D eigenvalue weighted by Crippen LogP contribution is -2.44. The molecule has 1 aliphatic heterocycles. The fraction of sp³-hybridized carbons (Fsp3) is 0.591. The Labute approximate surface area is 166 Å². The lowest BCUT2D eigenvalue weighted by atomic mass is 9.72. The highest BCUT2D eigenvalue weighted by Crippen LogP contribution is 2.39. The van der Waals surface area contributed by atoms with Gasteiger partial charge in [0.25, 0.3) is 0 Å². The predicted molar refractivity (Wildman–Crippen MR) is 109 cm³/mol. The van der Waals surface area contributed by atoms with Crippen LogP contribution in [0.1, 0.15) is 55.7 Å². The number of halogens is 3. The fourth-order valence-corrected chi connectivity index (χ4v) is 4.31. The van der Waals surface area contributed by atoms with E-state index >= 15 is 0 Å². The van der Waals surface area contributed by atoms with Crippen molar-refractivity contribution in [1.29, 1.82) is 0 Å². The Morgan fingerprint density at radius 1 is 1.29 bits per heavy atom. The van der Waals surface area contributed by atoms with E-state index in [1.807, 2.05) is 6.92 Å². The number of aliphatic imine (C=N–C) groups is 1. The molecule has 0 saturated carbocycles. The largest absolute Gasteiger partial charge is 0.393 e. The van der Waals surface area contributed by atoms with Gasteiger partial charge in [-0.1, -0.05) is 32.1 Å². The van der Waals surface area contributed by atoms with Crippen LogP contribution in [-0.2, 0) is 6.42 Å². The summed E-state index contributed by atoms with van der Waals surface area (Å²) in [5.41, 5.74) is 8.05. The molecule has 0 spiro atoms. The van der Waals surface area contributed by atoms with E-state index in [1.165, 1.54) is 6.20 Å². The number of benzene rings is 1. The van der Waals surface area contributed by atoms with Crippen molar-refractivity contribution in [2.75, 3.05) is 19.6 Å². The minimum atomic E-state index is -4.23. The van der Waals surface area contributed by atoms with Crippen LogP contribution in [0.5, 0.6) is 0 Å². The van der Waals surface area contributed by atoms with Crippen molar-refractivity contribution in [3.8, 4) is 0 Å². The Bertz CT molecular complexity index is 679. The molecule has 156 valence electrons. The van der Waals surface area contributed by atoms with Gasteiger partial charge in [-0.15, -0.1) is 0 Å². The molecule has 1 saturated heterocycles. The van der Waals surface area contributed by atoms with Gasteiger partial charge in [-0.05, 0) is 61.8 Å². The third-order valence-corrected chi connectivity index (χ3v) is 5.74. The van der Waals surface area contributed by atoms with Gasteiger partial charge in [0, 0.05) is 24.9 Å². The van der Waals surface area contributed by atoms with Gasteiger partial charge in [0.1, 0.15) is 5.84 Å². The van der Waals surface area contributed by atoms with Gasteiger partial charge >= 0.3 is 6.18 Å². The number of rotatable bonds is 7. The van der Waals surface area contributed by atoms with E-state index in [-0.39, 0.29) is 11.0 Å². The van der Waals surface area contributed by atoms with Gasteiger partial charge in [0.05, 0.1) is 6.42 Å². The van der Waals surface area contributed by atoms with E-state index in [9.17, 15) is 13.2 Å². The number of hydrogen-bond acceptors (Lipinski definition) is 2. The maximum Gasteiger partial charge on any atom is 0.393 e. The normalized spacial score (nSPS) is 17.6. The molecule has 6 heteroatoms. The van der Waals surface area contributed by atoms with Crippen molar-refractivity contribution < 1.29 is 13.2 Å². The van der Waals surface area contributed by atoms with Crippen LogP contribution in [0.4, 0.5) is 13.2 Å². The maximum absolute atomic E-state index is 12.8. The summed E-state index contributed by atoms with van der Waals surface area (Å²) < 4.78 is 38.5. The average molecular weight is 396 g/mol. The second kappa shape index (κ2) is 9.59. The first-order valence-corrected chi connectivity index (χ1v) is 10.0. The molecule has 0 aliphatic carbocycles. The Balaban J connectivity index is 2.26. The third-order valence-electron chi connectivity index (χ3n) is 5.74. The molecule has 2 N–H and O–H groups in total. The number of amidine groups is 1. The summed E-state index contributed by atoms with van der Waals surface area (Å²) in [6.45, 7) is 10.2. The number of likely N-dealkylation sites (tertiary alicyclic amines) is 1. The highest BCUT2D eigenvalue weighted by Gasteiger charge is 2.34. The fourth-order valence-electron chi connectivity index (χ4n) is 4.31. The molecule has 1 heterocycles. The van der Waals surface area contributed by atoms with Crippen molar-refractivity contribution in [2.24, 2.45) is 16.1 Å². The van der Waals surface area contributed by atoms with Crippen LogP contribution in [-0.4, -0.2) is 36.5 Å². The van der Waals surface area contributed by atoms with E-state index < -0.39 is 12.6 Å². The van der Waals surface area contributed by atoms with Crippen LogP contribution < -0.4 is 5.73 Å². The monoisotopic (exact) mass is 395 g/mol. The predicted octanol–water partition coefficient (Wildman–Crippen LogP) is 5.22. The van der Waals surface area contributed by atoms with E-state index in [0.29, 0.717) is 6.54 Å². The number of nitrogens with zero attached hydrogens (tertiary/aromatic N) is 2. The number of aryl methyl sites for hydroxylation is 1. The molecule has 2 rings (SSSR count). The number of nitrogens with two attached hydrogens (primary N) is 1. The molecule has 0 aromatic heterocycles. The Kier molecular flexibility index (Phi) is 7.70. The van der Waals surface area contributed by atoms with Crippen molar-refractivity contribution >= 4 is 5.84 Å². The Morgan fingerprint density at radius 2 is 1.96 bits per heavy atom. The van der Waals surface area contributed by atoms with Crippen molar-refractivity contribution in [2.45, 2.75) is 58.5 Å². The van der Waals surface area contributed by atoms with Crippen LogP contribution in [0.25, 0.3) is 0 Å². The summed E-state index contributed by atoms with van der Waals surface area (Å²) in [6, 6.07) is 4.91. The molecule has 1 aromatic carbocycles. The second-order valence-electron chi connectivity index (χ2n) is 7.85. The van der Waals surface area contributed by atoms with Gasteiger partial charge in [0.2, 0.25) is 0 Å². The first-order chi connectivity index (χ1) is 13.2. The maximum atomic E-state index is 12.8. The molecule has 1 aliphatic rings. The molecule has 1 aromatic rings. The highest BCUT2D eigenvalue weighted by molar-refractivity contribution is 6.00. The summed E-state index contributed by atoms with van der Waals surface area (Å²) in [5.74, 6) is 0.717. The van der Waals surface area contributed by atoms with Crippen LogP contribution >= 0.6 is 0 Å². The summed E-state index contributed by atoms with van der Waals surface area (Å²) in [6.07, 6.45) is 1.66. The Morgan fingerprint density at radius 3 is 2.50 bits per heavy atom. The summed E-state index contributed by atoms with van der Waals surface area (Å²) in [7, 11) is 0. The molecule has 0 amide bonds. The quantitative estimate of drug-likeness (QED) is 0.508. The third kappa shape index (κ3) is 5.84. The second-order valence-corrected chi connectivity index (χ2v) is 7.85. The highest BCUT2D eigenvalue weighted by atomic mass is 19.4. The molecule has 0 bridgehead atoms. The van der Waals surface area contributed by atoms with Gasteiger partial charge in [-0.2, -0.15) is 13.2 Å². The molecule has 3 nitrogen and oxygen atoms in total. The lowest BCUT2D eigenvalue weighted by molar-refractivity contribution is -0.127. The van der Waals surface area contributed by atoms with Crippen LogP contribution in [0.3, 0.4) is 0 Å². The van der Waals surface area contributed by atoms with Gasteiger partial charge in [0.15, 0.2) is 0 Å². The standard InChI is InChI=1S/C22H32F3N3/c1-4-8-21(9-12-26)10-13-28(14-11-21)20(27-5-2)19-15-18(7-6-17(19)3)16-22(23,24)25/h5-7,15H,2,4,8-14,16,26H2,1,3H3. The van der Waals surface area contributed by atoms with Crippen molar-refractivity contribution in [3.05, 3.63) is 47.7 Å². The van der Waals surface area contributed by atoms with Crippen molar-refractivity contribution in [1.82, 2.24) is 4.90 Å². The number of hydrogen-bond donors (Lipinski definition) is 1.